The van der Waals surface area contributed by atoms with Gasteiger partial charge in [0.15, 0.2) is 0 Å². The molecule has 1 aromatic rings. The van der Waals surface area contributed by atoms with Crippen molar-refractivity contribution in [3.63, 3.8) is 0 Å². The van der Waals surface area contributed by atoms with Crippen LogP contribution in [0.1, 0.15) is 49.7 Å². The molecule has 0 aliphatic carbocycles. The molecule has 0 aliphatic rings. The molecule has 0 aromatic heterocycles. The van der Waals surface area contributed by atoms with Crippen molar-refractivity contribution in [3.05, 3.63) is 29.3 Å². The highest BCUT2D eigenvalue weighted by molar-refractivity contribution is 6.02. The third-order valence-electron chi connectivity index (χ3n) is 3.14. The van der Waals surface area contributed by atoms with Gasteiger partial charge in [-0.1, -0.05) is 29.6 Å². The summed E-state index contributed by atoms with van der Waals surface area (Å²) in [6.45, 7) is 1.91. The van der Waals surface area contributed by atoms with E-state index >= 15 is 0 Å². The molecule has 0 saturated carbocycles. The Morgan fingerprint density at radius 2 is 1.80 bits per heavy atom. The molecule has 0 radical (unpaired) electrons. The van der Waals surface area contributed by atoms with Gasteiger partial charge >= 0.3 is 5.97 Å². The van der Waals surface area contributed by atoms with Crippen molar-refractivity contribution in [2.45, 2.75) is 45.4 Å². The molecule has 1 aromatic carbocycles. The minimum absolute atomic E-state index is 0.106. The van der Waals surface area contributed by atoms with Crippen LogP contribution in [0.3, 0.4) is 0 Å². The number of oxime groups is 1. The summed E-state index contributed by atoms with van der Waals surface area (Å²) in [5.41, 5.74) is 2.00. The van der Waals surface area contributed by atoms with E-state index in [1.54, 1.807) is 18.2 Å². The number of carboxylic acids is 1. The topological polar surface area (TPSA) is 90.1 Å². The highest BCUT2D eigenvalue weighted by Crippen LogP contribution is 2.21. The Hall–Kier alpha value is -2.04. The summed E-state index contributed by atoms with van der Waals surface area (Å²) in [5.74, 6) is -0.665. The Bertz CT molecular complexity index is 483. The zero-order chi connectivity index (χ0) is 15.0. The Kier molecular flexibility index (Phi) is 6.56. The van der Waals surface area contributed by atoms with Gasteiger partial charge in [0, 0.05) is 12.0 Å². The molecule has 0 unspecified atom stereocenters. The van der Waals surface area contributed by atoms with Crippen molar-refractivity contribution >= 4 is 11.7 Å². The van der Waals surface area contributed by atoms with Gasteiger partial charge in [-0.2, -0.15) is 0 Å². The van der Waals surface area contributed by atoms with Gasteiger partial charge in [-0.15, -0.1) is 0 Å². The SMILES string of the molecule is Cc1ccc(O)c(/C(CCCCCCC(=O)O)=N/O)c1. The number of rotatable bonds is 8. The Morgan fingerprint density at radius 1 is 1.15 bits per heavy atom. The molecule has 0 heterocycles. The number of carboxylic acid groups (broad SMARTS) is 1. The standard InChI is InChI=1S/C15H21NO4/c1-11-8-9-14(17)12(10-11)13(16-20)6-4-2-3-5-7-15(18)19/h8-10,17,20H,2-7H2,1H3,(H,18,19)/b16-13+. The van der Waals surface area contributed by atoms with Crippen molar-refractivity contribution < 1.29 is 20.2 Å². The predicted molar refractivity (Wildman–Crippen MR) is 76.5 cm³/mol. The number of carbonyl (C=O) groups is 1. The van der Waals surface area contributed by atoms with E-state index in [2.05, 4.69) is 5.16 Å². The number of aromatic hydroxyl groups is 1. The number of phenolic OH excluding ortho intramolecular Hbond substituents is 1. The Morgan fingerprint density at radius 3 is 2.40 bits per heavy atom. The van der Waals surface area contributed by atoms with Crippen LogP contribution in [-0.4, -0.2) is 27.1 Å². The van der Waals surface area contributed by atoms with Gasteiger partial charge in [0.05, 0.1) is 5.71 Å². The number of benzene rings is 1. The first-order valence-corrected chi connectivity index (χ1v) is 6.77. The average Bonchev–Trinajstić information content (AvgIpc) is 2.41. The minimum atomic E-state index is -0.771. The van der Waals surface area contributed by atoms with E-state index in [-0.39, 0.29) is 12.2 Å². The highest BCUT2D eigenvalue weighted by Gasteiger charge is 2.10. The fourth-order valence-electron chi connectivity index (χ4n) is 2.04. The van der Waals surface area contributed by atoms with E-state index in [4.69, 9.17) is 10.3 Å². The quantitative estimate of drug-likeness (QED) is 0.295. The maximum atomic E-state index is 10.4. The zero-order valence-electron chi connectivity index (χ0n) is 11.7. The fourth-order valence-corrected chi connectivity index (χ4v) is 2.04. The molecule has 0 aliphatic heterocycles. The van der Waals surface area contributed by atoms with Gasteiger partial charge in [0.25, 0.3) is 0 Å². The van der Waals surface area contributed by atoms with Crippen LogP contribution in [0.4, 0.5) is 0 Å². The van der Waals surface area contributed by atoms with Crippen molar-refractivity contribution in [2.24, 2.45) is 5.16 Å². The third kappa shape index (κ3) is 5.30. The summed E-state index contributed by atoms with van der Waals surface area (Å²) in [5, 5.41) is 30.6. The molecule has 5 nitrogen and oxygen atoms in total. The van der Waals surface area contributed by atoms with Crippen LogP contribution >= 0.6 is 0 Å². The van der Waals surface area contributed by atoms with E-state index in [0.29, 0.717) is 24.1 Å². The van der Waals surface area contributed by atoms with Crippen molar-refractivity contribution in [3.8, 4) is 5.75 Å². The van der Waals surface area contributed by atoms with E-state index in [9.17, 15) is 9.90 Å². The lowest BCUT2D eigenvalue weighted by molar-refractivity contribution is -0.137. The van der Waals surface area contributed by atoms with E-state index in [0.717, 1.165) is 24.8 Å². The summed E-state index contributed by atoms with van der Waals surface area (Å²) < 4.78 is 0. The van der Waals surface area contributed by atoms with Gasteiger partial charge in [0.2, 0.25) is 0 Å². The Labute approximate surface area is 118 Å². The maximum absolute atomic E-state index is 10.4. The first kappa shape index (κ1) is 16.0. The van der Waals surface area contributed by atoms with Crippen LogP contribution in [0, 0.1) is 6.92 Å². The van der Waals surface area contributed by atoms with Gasteiger partial charge in [0.1, 0.15) is 5.75 Å². The lowest BCUT2D eigenvalue weighted by atomic mass is 10.0. The van der Waals surface area contributed by atoms with Crippen LogP contribution in [0.25, 0.3) is 0 Å². The molecule has 0 saturated heterocycles. The normalized spacial score (nSPS) is 11.6. The molecule has 0 fully saturated rings. The summed E-state index contributed by atoms with van der Waals surface area (Å²) >= 11 is 0. The van der Waals surface area contributed by atoms with Gasteiger partial charge in [-0.3, -0.25) is 4.79 Å². The van der Waals surface area contributed by atoms with Crippen LogP contribution in [0.15, 0.2) is 23.4 Å². The predicted octanol–water partition coefficient (Wildman–Crippen LogP) is 3.30. The smallest absolute Gasteiger partial charge is 0.303 e. The lowest BCUT2D eigenvalue weighted by Gasteiger charge is -2.08. The number of aryl methyl sites for hydroxylation is 1. The van der Waals surface area contributed by atoms with Gasteiger partial charge < -0.3 is 15.4 Å². The third-order valence-corrected chi connectivity index (χ3v) is 3.14. The molecule has 0 amide bonds. The molecular formula is C15H21NO4. The molecular weight excluding hydrogens is 258 g/mol. The molecule has 20 heavy (non-hydrogen) atoms. The second-order valence-electron chi connectivity index (χ2n) is 4.88. The Balaban J connectivity index is 2.44. The largest absolute Gasteiger partial charge is 0.507 e. The van der Waals surface area contributed by atoms with Gasteiger partial charge in [-0.05, 0) is 38.3 Å². The molecule has 0 spiro atoms. The van der Waals surface area contributed by atoms with Crippen LogP contribution in [0.2, 0.25) is 0 Å². The van der Waals surface area contributed by atoms with E-state index in [1.807, 2.05) is 6.92 Å². The lowest BCUT2D eigenvalue weighted by Crippen LogP contribution is -2.02. The molecule has 0 bridgehead atoms. The summed E-state index contributed by atoms with van der Waals surface area (Å²) in [6.07, 6.45) is 3.92. The number of aliphatic carboxylic acids is 1. The minimum Gasteiger partial charge on any atom is -0.507 e. The monoisotopic (exact) mass is 279 g/mol. The average molecular weight is 279 g/mol. The molecule has 0 atom stereocenters. The number of unbranched alkanes of at least 4 members (excludes halogenated alkanes) is 3. The molecule has 5 heteroatoms. The van der Waals surface area contributed by atoms with Crippen molar-refractivity contribution in [1.29, 1.82) is 0 Å². The fraction of sp³-hybridized carbons (Fsp3) is 0.467. The summed E-state index contributed by atoms with van der Waals surface area (Å²) in [6, 6.07) is 5.16. The number of nitrogens with zero attached hydrogens (tertiary/aromatic N) is 1. The second kappa shape index (κ2) is 8.19. The van der Waals surface area contributed by atoms with E-state index < -0.39 is 5.97 Å². The molecule has 1 rings (SSSR count). The number of hydrogen-bond donors (Lipinski definition) is 3. The number of phenols is 1. The first-order valence-electron chi connectivity index (χ1n) is 6.77. The van der Waals surface area contributed by atoms with E-state index in [1.165, 1.54) is 0 Å². The van der Waals surface area contributed by atoms with Gasteiger partial charge in [-0.25, -0.2) is 0 Å². The summed E-state index contributed by atoms with van der Waals surface area (Å²) in [7, 11) is 0. The summed E-state index contributed by atoms with van der Waals surface area (Å²) in [4.78, 5) is 10.4. The number of hydrogen-bond acceptors (Lipinski definition) is 4. The zero-order valence-corrected chi connectivity index (χ0v) is 11.7. The molecule has 110 valence electrons. The first-order chi connectivity index (χ1) is 9.54. The van der Waals surface area contributed by atoms with Crippen molar-refractivity contribution in [1.82, 2.24) is 0 Å². The van der Waals surface area contributed by atoms with Crippen LogP contribution in [-0.2, 0) is 4.79 Å². The maximum Gasteiger partial charge on any atom is 0.303 e. The van der Waals surface area contributed by atoms with Crippen LogP contribution < -0.4 is 0 Å². The second-order valence-corrected chi connectivity index (χ2v) is 4.88. The van der Waals surface area contributed by atoms with Crippen LogP contribution in [0.5, 0.6) is 5.75 Å². The highest BCUT2D eigenvalue weighted by atomic mass is 16.4. The molecule has 3 N–H and O–H groups in total. The van der Waals surface area contributed by atoms with Crippen molar-refractivity contribution in [2.75, 3.05) is 0 Å².